The third kappa shape index (κ3) is 3.61. The predicted octanol–water partition coefficient (Wildman–Crippen LogP) is 3.79. The molecule has 1 N–H and O–H groups in total. The summed E-state index contributed by atoms with van der Waals surface area (Å²) in [7, 11) is 0. The Morgan fingerprint density at radius 3 is 2.74 bits per heavy atom. The molecule has 2 aromatic rings. The van der Waals surface area contributed by atoms with Gasteiger partial charge in [-0.2, -0.15) is 0 Å². The molecule has 0 saturated heterocycles. The van der Waals surface area contributed by atoms with Gasteiger partial charge in [0.25, 0.3) is 0 Å². The Bertz CT molecular complexity index is 531. The van der Waals surface area contributed by atoms with E-state index < -0.39 is 0 Å². The zero-order chi connectivity index (χ0) is 13.8. The number of halogens is 1. The number of rotatable bonds is 5. The molecule has 19 heavy (non-hydrogen) atoms. The van der Waals surface area contributed by atoms with Crippen LogP contribution in [-0.2, 0) is 6.42 Å². The van der Waals surface area contributed by atoms with Gasteiger partial charge in [-0.15, -0.1) is 11.3 Å². The van der Waals surface area contributed by atoms with Crippen molar-refractivity contribution in [2.75, 3.05) is 6.54 Å². The molecule has 1 atom stereocenters. The number of benzene rings is 1. The first kappa shape index (κ1) is 14.2. The minimum atomic E-state index is -0.188. The molecule has 2 rings (SSSR count). The number of hydrogen-bond acceptors (Lipinski definition) is 3. The van der Waals surface area contributed by atoms with E-state index in [-0.39, 0.29) is 11.9 Å². The van der Waals surface area contributed by atoms with Gasteiger partial charge in [-0.05, 0) is 38.1 Å². The van der Waals surface area contributed by atoms with Crippen molar-refractivity contribution in [3.05, 3.63) is 51.2 Å². The van der Waals surface area contributed by atoms with Gasteiger partial charge in [0.1, 0.15) is 5.82 Å². The van der Waals surface area contributed by atoms with E-state index >= 15 is 0 Å². The van der Waals surface area contributed by atoms with Crippen LogP contribution < -0.4 is 5.32 Å². The van der Waals surface area contributed by atoms with Crippen molar-refractivity contribution >= 4 is 11.3 Å². The zero-order valence-electron chi connectivity index (χ0n) is 11.5. The zero-order valence-corrected chi connectivity index (χ0v) is 12.4. The van der Waals surface area contributed by atoms with Crippen molar-refractivity contribution in [2.24, 2.45) is 0 Å². The molecule has 1 aromatic heterocycles. The van der Waals surface area contributed by atoms with Crippen molar-refractivity contribution in [3.63, 3.8) is 0 Å². The van der Waals surface area contributed by atoms with E-state index in [1.165, 1.54) is 10.9 Å². The second-order valence-electron chi connectivity index (χ2n) is 4.62. The van der Waals surface area contributed by atoms with Crippen LogP contribution in [0.3, 0.4) is 0 Å². The maximum atomic E-state index is 13.3. The molecule has 0 saturated carbocycles. The second kappa shape index (κ2) is 6.26. The lowest BCUT2D eigenvalue weighted by atomic mass is 10.0. The Balaban J connectivity index is 2.20. The highest BCUT2D eigenvalue weighted by Crippen LogP contribution is 2.24. The third-order valence-corrected chi connectivity index (χ3v) is 4.25. The summed E-state index contributed by atoms with van der Waals surface area (Å²) >= 11 is 1.72. The molecule has 2 nitrogen and oxygen atoms in total. The lowest BCUT2D eigenvalue weighted by Crippen LogP contribution is -2.23. The molecular weight excluding hydrogens is 259 g/mol. The molecule has 1 heterocycles. The largest absolute Gasteiger partial charge is 0.310 e. The second-order valence-corrected chi connectivity index (χ2v) is 5.91. The first-order valence-corrected chi connectivity index (χ1v) is 7.33. The topological polar surface area (TPSA) is 24.9 Å². The summed E-state index contributed by atoms with van der Waals surface area (Å²) < 4.78 is 13.3. The van der Waals surface area contributed by atoms with Gasteiger partial charge >= 0.3 is 0 Å². The predicted molar refractivity (Wildman–Crippen MR) is 78.1 cm³/mol. The monoisotopic (exact) mass is 278 g/mol. The molecule has 102 valence electrons. The van der Waals surface area contributed by atoms with Gasteiger partial charge in [-0.25, -0.2) is 9.37 Å². The molecule has 0 spiro atoms. The fourth-order valence-electron chi connectivity index (χ4n) is 2.08. The molecule has 0 aliphatic carbocycles. The number of aryl methyl sites for hydroxylation is 2. The molecule has 1 aromatic carbocycles. The molecule has 0 amide bonds. The van der Waals surface area contributed by atoms with Crippen LogP contribution in [0, 0.1) is 19.7 Å². The minimum absolute atomic E-state index is 0.116. The van der Waals surface area contributed by atoms with Crippen molar-refractivity contribution < 1.29 is 4.39 Å². The van der Waals surface area contributed by atoms with Crippen LogP contribution in [-0.4, -0.2) is 11.5 Å². The summed E-state index contributed by atoms with van der Waals surface area (Å²) in [6.45, 7) is 7.02. The quantitative estimate of drug-likeness (QED) is 0.900. The summed E-state index contributed by atoms with van der Waals surface area (Å²) in [5.74, 6) is -0.188. The lowest BCUT2D eigenvalue weighted by molar-refractivity contribution is 0.541. The minimum Gasteiger partial charge on any atom is -0.310 e. The van der Waals surface area contributed by atoms with Gasteiger partial charge in [0.15, 0.2) is 0 Å². The van der Waals surface area contributed by atoms with Gasteiger partial charge in [-0.3, -0.25) is 0 Å². The Morgan fingerprint density at radius 2 is 2.16 bits per heavy atom. The molecule has 0 fully saturated rings. The van der Waals surface area contributed by atoms with Crippen LogP contribution in [0.5, 0.6) is 0 Å². The van der Waals surface area contributed by atoms with Crippen LogP contribution in [0.15, 0.2) is 24.3 Å². The first-order chi connectivity index (χ1) is 9.10. The fraction of sp³-hybridized carbons (Fsp3) is 0.400. The van der Waals surface area contributed by atoms with Crippen LogP contribution in [0.1, 0.15) is 34.1 Å². The van der Waals surface area contributed by atoms with E-state index in [0.29, 0.717) is 0 Å². The molecular formula is C15H19FN2S. The molecule has 1 unspecified atom stereocenters. The summed E-state index contributed by atoms with van der Waals surface area (Å²) in [5.41, 5.74) is 2.07. The van der Waals surface area contributed by atoms with E-state index in [9.17, 15) is 4.39 Å². The molecule has 0 bridgehead atoms. The van der Waals surface area contributed by atoms with Crippen LogP contribution in [0.2, 0.25) is 0 Å². The average molecular weight is 278 g/mol. The SMILES string of the molecule is CCNC(Cc1nc(C)c(C)s1)c1cccc(F)c1. The van der Waals surface area contributed by atoms with Crippen molar-refractivity contribution in [1.29, 1.82) is 0 Å². The third-order valence-electron chi connectivity index (χ3n) is 3.15. The Morgan fingerprint density at radius 1 is 1.37 bits per heavy atom. The van der Waals surface area contributed by atoms with Gasteiger partial charge in [0, 0.05) is 17.3 Å². The molecule has 0 aliphatic rings. The number of likely N-dealkylation sites (N-methyl/N-ethyl adjacent to an activating group) is 1. The maximum Gasteiger partial charge on any atom is 0.123 e. The first-order valence-electron chi connectivity index (χ1n) is 6.52. The summed E-state index contributed by atoms with van der Waals surface area (Å²) in [4.78, 5) is 5.82. The molecule has 0 aliphatic heterocycles. The lowest BCUT2D eigenvalue weighted by Gasteiger charge is -2.17. The normalized spacial score (nSPS) is 12.6. The fourth-order valence-corrected chi connectivity index (χ4v) is 3.06. The Hall–Kier alpha value is -1.26. The smallest absolute Gasteiger partial charge is 0.123 e. The number of aromatic nitrogens is 1. The van der Waals surface area contributed by atoms with Gasteiger partial charge in [0.05, 0.1) is 10.7 Å². The van der Waals surface area contributed by atoms with Crippen molar-refractivity contribution in [1.82, 2.24) is 10.3 Å². The van der Waals surface area contributed by atoms with Crippen molar-refractivity contribution in [3.8, 4) is 0 Å². The van der Waals surface area contributed by atoms with Gasteiger partial charge < -0.3 is 5.32 Å². The molecule has 0 radical (unpaired) electrons. The number of nitrogens with zero attached hydrogens (tertiary/aromatic N) is 1. The number of hydrogen-bond donors (Lipinski definition) is 1. The highest BCUT2D eigenvalue weighted by Gasteiger charge is 2.14. The highest BCUT2D eigenvalue weighted by atomic mass is 32.1. The van der Waals surface area contributed by atoms with E-state index in [2.05, 4.69) is 24.1 Å². The van der Waals surface area contributed by atoms with Crippen LogP contribution >= 0.6 is 11.3 Å². The highest BCUT2D eigenvalue weighted by molar-refractivity contribution is 7.11. The summed E-state index contributed by atoms with van der Waals surface area (Å²) in [6.07, 6.45) is 0.802. The van der Waals surface area contributed by atoms with Crippen LogP contribution in [0.4, 0.5) is 4.39 Å². The van der Waals surface area contributed by atoms with E-state index in [1.807, 2.05) is 13.0 Å². The van der Waals surface area contributed by atoms with E-state index in [1.54, 1.807) is 23.5 Å². The van der Waals surface area contributed by atoms with E-state index in [4.69, 9.17) is 0 Å². The van der Waals surface area contributed by atoms with Crippen LogP contribution in [0.25, 0.3) is 0 Å². The Kier molecular flexibility index (Phi) is 4.66. The van der Waals surface area contributed by atoms with E-state index in [0.717, 1.165) is 29.2 Å². The average Bonchev–Trinajstić information content (AvgIpc) is 2.68. The standard InChI is InChI=1S/C15H19FN2S/c1-4-17-14(12-6-5-7-13(16)8-12)9-15-18-10(2)11(3)19-15/h5-8,14,17H,4,9H2,1-3H3. The number of nitrogens with one attached hydrogen (secondary N) is 1. The maximum absolute atomic E-state index is 13.3. The van der Waals surface area contributed by atoms with Crippen molar-refractivity contribution in [2.45, 2.75) is 33.2 Å². The molecule has 4 heteroatoms. The van der Waals surface area contributed by atoms with Gasteiger partial charge in [0.2, 0.25) is 0 Å². The Labute approximate surface area is 117 Å². The summed E-state index contributed by atoms with van der Waals surface area (Å²) in [6, 6.07) is 6.91. The summed E-state index contributed by atoms with van der Waals surface area (Å²) in [5, 5.41) is 4.51. The number of thiazole rings is 1. The van der Waals surface area contributed by atoms with Gasteiger partial charge in [-0.1, -0.05) is 19.1 Å².